The van der Waals surface area contributed by atoms with Crippen LogP contribution in [0.15, 0.2) is 18.2 Å². The lowest BCUT2D eigenvalue weighted by Crippen LogP contribution is -2.59. The number of hydrogen-bond donors (Lipinski definition) is 1. The monoisotopic (exact) mass is 299 g/mol. The summed E-state index contributed by atoms with van der Waals surface area (Å²) in [6, 6.07) is 7.71. The van der Waals surface area contributed by atoms with E-state index in [1.807, 2.05) is 0 Å². The number of aliphatic hydroxyl groups excluding tert-OH is 1. The van der Waals surface area contributed by atoms with Crippen LogP contribution in [0.1, 0.15) is 49.3 Å². The van der Waals surface area contributed by atoms with Gasteiger partial charge in [0.1, 0.15) is 0 Å². The molecule has 0 spiro atoms. The molecule has 2 fully saturated rings. The molecule has 1 heterocycles. The van der Waals surface area contributed by atoms with E-state index in [-0.39, 0.29) is 5.41 Å². The molecular weight excluding hydrogens is 270 g/mol. The molecule has 2 nitrogen and oxygen atoms in total. The van der Waals surface area contributed by atoms with E-state index in [0.29, 0.717) is 18.6 Å². The van der Waals surface area contributed by atoms with Crippen LogP contribution in [0.4, 0.5) is 0 Å². The van der Waals surface area contributed by atoms with E-state index in [4.69, 9.17) is 0 Å². The average Bonchev–Trinajstić information content (AvgIpc) is 3.30. The second-order valence-corrected chi connectivity index (χ2v) is 8.04. The van der Waals surface area contributed by atoms with Gasteiger partial charge in [-0.25, -0.2) is 0 Å². The Morgan fingerprint density at radius 3 is 2.86 bits per heavy atom. The number of rotatable bonds is 4. The van der Waals surface area contributed by atoms with E-state index in [9.17, 15) is 5.11 Å². The van der Waals surface area contributed by atoms with Crippen LogP contribution in [-0.2, 0) is 11.8 Å². The molecule has 2 heteroatoms. The van der Waals surface area contributed by atoms with Crippen LogP contribution in [0.5, 0.6) is 0 Å². The Labute approximate surface area is 134 Å². The fourth-order valence-electron chi connectivity index (χ4n) is 5.21. The summed E-state index contributed by atoms with van der Waals surface area (Å²) >= 11 is 0. The van der Waals surface area contributed by atoms with E-state index in [0.717, 1.165) is 12.3 Å². The van der Waals surface area contributed by atoms with Crippen molar-refractivity contribution in [2.75, 3.05) is 19.7 Å². The van der Waals surface area contributed by atoms with Crippen LogP contribution >= 0.6 is 0 Å². The molecule has 2 bridgehead atoms. The molecule has 1 aromatic carbocycles. The molecule has 3 aliphatic rings. The van der Waals surface area contributed by atoms with E-state index >= 15 is 0 Å². The van der Waals surface area contributed by atoms with Crippen molar-refractivity contribution < 1.29 is 5.11 Å². The number of hydrogen-bond acceptors (Lipinski definition) is 2. The van der Waals surface area contributed by atoms with Gasteiger partial charge in [-0.15, -0.1) is 0 Å². The Bertz CT molecular complexity index is 565. The molecule has 1 aliphatic heterocycles. The molecular formula is C20H29NO. The molecule has 1 saturated carbocycles. The lowest BCUT2D eigenvalue weighted by molar-refractivity contribution is 0.00842. The number of piperidine rings is 1. The number of aryl methyl sites for hydroxylation is 1. The first-order valence-corrected chi connectivity index (χ1v) is 9.09. The highest BCUT2D eigenvalue weighted by Crippen LogP contribution is 2.51. The van der Waals surface area contributed by atoms with Gasteiger partial charge >= 0.3 is 0 Å². The van der Waals surface area contributed by atoms with Gasteiger partial charge in [0.15, 0.2) is 0 Å². The number of benzene rings is 1. The van der Waals surface area contributed by atoms with Crippen LogP contribution < -0.4 is 0 Å². The largest absolute Gasteiger partial charge is 0.396 e. The molecule has 0 radical (unpaired) electrons. The molecule has 1 N–H and O–H groups in total. The van der Waals surface area contributed by atoms with Crippen molar-refractivity contribution >= 4 is 0 Å². The molecule has 4 rings (SSSR count). The first-order valence-electron chi connectivity index (χ1n) is 9.09. The summed E-state index contributed by atoms with van der Waals surface area (Å²) in [5.74, 6) is 1.62. The Kier molecular flexibility index (Phi) is 3.58. The van der Waals surface area contributed by atoms with Gasteiger partial charge in [0, 0.05) is 24.6 Å². The van der Waals surface area contributed by atoms with Gasteiger partial charge < -0.3 is 5.11 Å². The standard InChI is InChI=1S/C20H29NO/c1-14-3-6-17-12-19-15(2)20(8-10-22,18(17)11-14)7-9-21(19)13-16-4-5-16/h3,6,11,15-16,19,22H,4-5,7-10,12-13H2,1-2H3/t15-,19+,20+/m0/s1. The zero-order valence-electron chi connectivity index (χ0n) is 14.0. The summed E-state index contributed by atoms with van der Waals surface area (Å²) in [7, 11) is 0. The minimum atomic E-state index is 0.207. The Morgan fingerprint density at radius 2 is 2.14 bits per heavy atom. The summed E-state index contributed by atoms with van der Waals surface area (Å²) in [6.45, 7) is 7.49. The van der Waals surface area contributed by atoms with Crippen molar-refractivity contribution in [3.05, 3.63) is 34.9 Å². The van der Waals surface area contributed by atoms with Crippen LogP contribution in [0.3, 0.4) is 0 Å². The van der Waals surface area contributed by atoms with Crippen LogP contribution in [-0.4, -0.2) is 35.7 Å². The smallest absolute Gasteiger partial charge is 0.0439 e. The Hall–Kier alpha value is -0.860. The molecule has 0 amide bonds. The maximum atomic E-state index is 9.75. The quantitative estimate of drug-likeness (QED) is 0.922. The normalized spacial score (nSPS) is 34.5. The molecule has 120 valence electrons. The van der Waals surface area contributed by atoms with E-state index in [2.05, 4.69) is 36.9 Å². The summed E-state index contributed by atoms with van der Waals surface area (Å²) in [5.41, 5.74) is 4.67. The molecule has 0 unspecified atom stereocenters. The van der Waals surface area contributed by atoms with E-state index < -0.39 is 0 Å². The maximum absolute atomic E-state index is 9.75. The van der Waals surface area contributed by atoms with Crippen molar-refractivity contribution in [1.82, 2.24) is 4.90 Å². The maximum Gasteiger partial charge on any atom is 0.0439 e. The van der Waals surface area contributed by atoms with Crippen molar-refractivity contribution in [2.45, 2.75) is 57.4 Å². The van der Waals surface area contributed by atoms with E-state index in [1.165, 1.54) is 44.3 Å². The van der Waals surface area contributed by atoms with Crippen LogP contribution in [0.2, 0.25) is 0 Å². The summed E-state index contributed by atoms with van der Waals surface area (Å²) < 4.78 is 0. The predicted octanol–water partition coefficient (Wildman–Crippen LogP) is 3.29. The second kappa shape index (κ2) is 5.35. The number of nitrogens with zero attached hydrogens (tertiary/aromatic N) is 1. The second-order valence-electron chi connectivity index (χ2n) is 8.04. The summed E-state index contributed by atoms with van der Waals surface area (Å²) in [5, 5.41) is 9.75. The van der Waals surface area contributed by atoms with Crippen LogP contribution in [0.25, 0.3) is 0 Å². The van der Waals surface area contributed by atoms with Gasteiger partial charge in [0.2, 0.25) is 0 Å². The van der Waals surface area contributed by atoms with Gasteiger partial charge in [0.05, 0.1) is 0 Å². The topological polar surface area (TPSA) is 23.5 Å². The fraction of sp³-hybridized carbons (Fsp3) is 0.700. The average molecular weight is 299 g/mol. The van der Waals surface area contributed by atoms with Crippen molar-refractivity contribution in [3.63, 3.8) is 0 Å². The van der Waals surface area contributed by atoms with Gasteiger partial charge in [-0.1, -0.05) is 30.7 Å². The third-order valence-electron chi connectivity index (χ3n) is 6.74. The summed E-state index contributed by atoms with van der Waals surface area (Å²) in [4.78, 5) is 2.78. The van der Waals surface area contributed by atoms with E-state index in [1.54, 1.807) is 11.1 Å². The first-order chi connectivity index (χ1) is 10.6. The molecule has 1 saturated heterocycles. The zero-order chi connectivity index (χ0) is 15.3. The highest BCUT2D eigenvalue weighted by atomic mass is 16.3. The number of likely N-dealkylation sites (tertiary alicyclic amines) is 1. The lowest BCUT2D eigenvalue weighted by Gasteiger charge is -2.56. The Balaban J connectivity index is 1.74. The third kappa shape index (κ3) is 2.23. The van der Waals surface area contributed by atoms with Crippen LogP contribution in [0, 0.1) is 18.8 Å². The van der Waals surface area contributed by atoms with Gasteiger partial charge in [0.25, 0.3) is 0 Å². The minimum absolute atomic E-state index is 0.207. The highest BCUT2D eigenvalue weighted by Gasteiger charge is 2.51. The van der Waals surface area contributed by atoms with Gasteiger partial charge in [-0.05, 0) is 68.5 Å². The van der Waals surface area contributed by atoms with Gasteiger partial charge in [-0.2, -0.15) is 0 Å². The van der Waals surface area contributed by atoms with Crippen molar-refractivity contribution in [1.29, 1.82) is 0 Å². The van der Waals surface area contributed by atoms with Gasteiger partial charge in [-0.3, -0.25) is 4.90 Å². The number of aliphatic hydroxyl groups is 1. The zero-order valence-corrected chi connectivity index (χ0v) is 14.0. The highest BCUT2D eigenvalue weighted by molar-refractivity contribution is 5.42. The SMILES string of the molecule is Cc1ccc2c(c1)[C@@]1(CCO)CCN(CC3CC3)[C@H](C2)[C@@H]1C. The molecule has 3 atom stereocenters. The minimum Gasteiger partial charge on any atom is -0.396 e. The first kappa shape index (κ1) is 14.7. The fourth-order valence-corrected chi connectivity index (χ4v) is 5.21. The molecule has 0 aromatic heterocycles. The summed E-state index contributed by atoms with van der Waals surface area (Å²) in [6.07, 6.45) is 6.23. The predicted molar refractivity (Wildman–Crippen MR) is 90.1 cm³/mol. The Morgan fingerprint density at radius 1 is 1.32 bits per heavy atom. The molecule has 2 aliphatic carbocycles. The van der Waals surface area contributed by atoms with Crippen molar-refractivity contribution in [2.24, 2.45) is 11.8 Å². The third-order valence-corrected chi connectivity index (χ3v) is 6.74. The molecule has 22 heavy (non-hydrogen) atoms. The van der Waals surface area contributed by atoms with Crippen molar-refractivity contribution in [3.8, 4) is 0 Å². The molecule has 1 aromatic rings. The lowest BCUT2D eigenvalue weighted by atomic mass is 9.56. The number of fused-ring (bicyclic) bond motifs is 4.